The third kappa shape index (κ3) is 3.62. The molecule has 21 heavy (non-hydrogen) atoms. The van der Waals surface area contributed by atoms with Crippen LogP contribution in [0.15, 0.2) is 22.7 Å². The van der Waals surface area contributed by atoms with Crippen LogP contribution in [0.2, 0.25) is 0 Å². The van der Waals surface area contributed by atoms with Crippen LogP contribution >= 0.6 is 0 Å². The van der Waals surface area contributed by atoms with Crippen LogP contribution < -0.4 is 10.1 Å². The average molecular weight is 288 g/mol. The highest BCUT2D eigenvalue weighted by molar-refractivity contribution is 5.96. The van der Waals surface area contributed by atoms with E-state index in [2.05, 4.69) is 16.5 Å². The van der Waals surface area contributed by atoms with E-state index in [9.17, 15) is 4.79 Å². The molecule has 5 nitrogen and oxygen atoms in total. The number of ether oxygens (including phenoxy) is 1. The molecule has 0 aliphatic carbocycles. The summed E-state index contributed by atoms with van der Waals surface area (Å²) in [6, 6.07) is 6.02. The summed E-state index contributed by atoms with van der Waals surface area (Å²) in [7, 11) is 0. The minimum atomic E-state index is -0.185. The molecule has 1 aromatic carbocycles. The van der Waals surface area contributed by atoms with E-state index in [1.165, 1.54) is 5.56 Å². The number of carbonyl (C=O) groups is 1. The first-order valence-corrected chi connectivity index (χ1v) is 6.90. The van der Waals surface area contributed by atoms with Gasteiger partial charge in [0, 0.05) is 0 Å². The number of carbonyl (C=O) groups excluding carboxylic acids is 1. The molecule has 0 fully saturated rings. The summed E-state index contributed by atoms with van der Waals surface area (Å²) in [6.07, 6.45) is 0. The van der Waals surface area contributed by atoms with Crippen molar-refractivity contribution >= 4 is 5.91 Å². The molecule has 0 aliphatic heterocycles. The Morgan fingerprint density at radius 1 is 1.29 bits per heavy atom. The SMILES string of the molecule is Cc1ccc(OCCNC(=O)c2c(C)noc2C)c(C)c1. The van der Waals surface area contributed by atoms with Gasteiger partial charge in [0.2, 0.25) is 0 Å². The summed E-state index contributed by atoms with van der Waals surface area (Å²) in [5.41, 5.74) is 3.39. The lowest BCUT2D eigenvalue weighted by Gasteiger charge is -2.10. The highest BCUT2D eigenvalue weighted by Crippen LogP contribution is 2.18. The first kappa shape index (κ1) is 15.1. The smallest absolute Gasteiger partial charge is 0.256 e. The lowest BCUT2D eigenvalue weighted by molar-refractivity contribution is 0.0945. The zero-order chi connectivity index (χ0) is 15.4. The molecule has 5 heteroatoms. The summed E-state index contributed by atoms with van der Waals surface area (Å²) in [4.78, 5) is 12.0. The van der Waals surface area contributed by atoms with Crippen molar-refractivity contribution in [2.45, 2.75) is 27.7 Å². The highest BCUT2D eigenvalue weighted by Gasteiger charge is 2.16. The van der Waals surface area contributed by atoms with E-state index in [0.29, 0.717) is 30.2 Å². The van der Waals surface area contributed by atoms with Crippen LogP contribution in [0.4, 0.5) is 0 Å². The van der Waals surface area contributed by atoms with Crippen LogP contribution in [0.5, 0.6) is 5.75 Å². The number of rotatable bonds is 5. The third-order valence-electron chi connectivity index (χ3n) is 3.24. The number of nitrogens with zero attached hydrogens (tertiary/aromatic N) is 1. The Hall–Kier alpha value is -2.30. The van der Waals surface area contributed by atoms with E-state index in [1.54, 1.807) is 13.8 Å². The molecular formula is C16H20N2O3. The van der Waals surface area contributed by atoms with Gasteiger partial charge in [-0.25, -0.2) is 0 Å². The molecule has 0 bridgehead atoms. The molecule has 0 saturated heterocycles. The molecule has 1 aromatic heterocycles. The number of nitrogens with one attached hydrogen (secondary N) is 1. The van der Waals surface area contributed by atoms with Crippen molar-refractivity contribution in [3.63, 3.8) is 0 Å². The number of aromatic nitrogens is 1. The van der Waals surface area contributed by atoms with Gasteiger partial charge < -0.3 is 14.6 Å². The fraction of sp³-hybridized carbons (Fsp3) is 0.375. The average Bonchev–Trinajstić information content (AvgIpc) is 2.76. The molecule has 2 aromatic rings. The minimum absolute atomic E-state index is 0.185. The molecular weight excluding hydrogens is 268 g/mol. The summed E-state index contributed by atoms with van der Waals surface area (Å²) in [5, 5.41) is 6.57. The molecule has 112 valence electrons. The van der Waals surface area contributed by atoms with Crippen molar-refractivity contribution in [1.29, 1.82) is 0 Å². The third-order valence-corrected chi connectivity index (χ3v) is 3.24. The maximum Gasteiger partial charge on any atom is 0.256 e. The van der Waals surface area contributed by atoms with E-state index in [1.807, 2.05) is 26.0 Å². The van der Waals surface area contributed by atoms with Crippen LogP contribution in [0.3, 0.4) is 0 Å². The van der Waals surface area contributed by atoms with Crippen LogP contribution in [0.1, 0.15) is 32.9 Å². The molecule has 0 aliphatic rings. The second-order valence-corrected chi connectivity index (χ2v) is 5.07. The molecule has 2 rings (SSSR count). The van der Waals surface area contributed by atoms with Crippen molar-refractivity contribution in [3.05, 3.63) is 46.3 Å². The van der Waals surface area contributed by atoms with Crippen molar-refractivity contribution in [1.82, 2.24) is 10.5 Å². The maximum atomic E-state index is 12.0. The first-order valence-electron chi connectivity index (χ1n) is 6.90. The molecule has 1 amide bonds. The van der Waals surface area contributed by atoms with Gasteiger partial charge in [-0.15, -0.1) is 0 Å². The van der Waals surface area contributed by atoms with E-state index in [-0.39, 0.29) is 5.91 Å². The van der Waals surface area contributed by atoms with Crippen LogP contribution in [0.25, 0.3) is 0 Å². The molecule has 0 atom stereocenters. The number of aryl methyl sites for hydroxylation is 4. The summed E-state index contributed by atoms with van der Waals surface area (Å²) < 4.78 is 10.6. The van der Waals surface area contributed by atoms with Gasteiger partial charge in [-0.3, -0.25) is 4.79 Å². The lowest BCUT2D eigenvalue weighted by Crippen LogP contribution is -2.28. The molecule has 0 radical (unpaired) electrons. The minimum Gasteiger partial charge on any atom is -0.491 e. The number of amides is 1. The summed E-state index contributed by atoms with van der Waals surface area (Å²) in [5.74, 6) is 1.18. The standard InChI is InChI=1S/C16H20N2O3/c1-10-5-6-14(11(2)9-10)20-8-7-17-16(19)15-12(3)18-21-13(15)4/h5-6,9H,7-8H2,1-4H3,(H,17,19). The van der Waals surface area contributed by atoms with Crippen molar-refractivity contribution < 1.29 is 14.1 Å². The second-order valence-electron chi connectivity index (χ2n) is 5.07. The normalized spacial score (nSPS) is 10.5. The van der Waals surface area contributed by atoms with E-state index < -0.39 is 0 Å². The van der Waals surface area contributed by atoms with Crippen molar-refractivity contribution in [3.8, 4) is 5.75 Å². The number of hydrogen-bond acceptors (Lipinski definition) is 4. The summed E-state index contributed by atoms with van der Waals surface area (Å²) >= 11 is 0. The van der Waals surface area contributed by atoms with Gasteiger partial charge in [0.15, 0.2) is 0 Å². The zero-order valence-electron chi connectivity index (χ0n) is 12.8. The van der Waals surface area contributed by atoms with Gasteiger partial charge in [0.1, 0.15) is 23.7 Å². The van der Waals surface area contributed by atoms with Crippen LogP contribution in [-0.2, 0) is 0 Å². The zero-order valence-corrected chi connectivity index (χ0v) is 12.8. The van der Waals surface area contributed by atoms with Crippen molar-refractivity contribution in [2.75, 3.05) is 13.2 Å². The summed E-state index contributed by atoms with van der Waals surface area (Å²) in [6.45, 7) is 8.36. The van der Waals surface area contributed by atoms with Gasteiger partial charge in [0.05, 0.1) is 12.2 Å². The lowest BCUT2D eigenvalue weighted by atomic mass is 10.1. The predicted octanol–water partition coefficient (Wildman–Crippen LogP) is 2.72. The fourth-order valence-electron chi connectivity index (χ4n) is 2.18. The molecule has 0 saturated carbocycles. The molecule has 0 unspecified atom stereocenters. The Morgan fingerprint density at radius 3 is 2.67 bits per heavy atom. The van der Waals surface area contributed by atoms with E-state index in [0.717, 1.165) is 11.3 Å². The quantitative estimate of drug-likeness (QED) is 0.859. The van der Waals surface area contributed by atoms with Gasteiger partial charge in [-0.1, -0.05) is 22.9 Å². The van der Waals surface area contributed by atoms with Gasteiger partial charge in [-0.2, -0.15) is 0 Å². The van der Waals surface area contributed by atoms with Gasteiger partial charge >= 0.3 is 0 Å². The second kappa shape index (κ2) is 6.43. The molecule has 0 spiro atoms. The van der Waals surface area contributed by atoms with Crippen LogP contribution in [0, 0.1) is 27.7 Å². The molecule has 1 N–H and O–H groups in total. The maximum absolute atomic E-state index is 12.0. The number of hydrogen-bond donors (Lipinski definition) is 1. The Bertz CT molecular complexity index is 627. The first-order chi connectivity index (χ1) is 9.99. The Balaban J connectivity index is 1.83. The Morgan fingerprint density at radius 2 is 2.05 bits per heavy atom. The van der Waals surface area contributed by atoms with E-state index in [4.69, 9.17) is 9.26 Å². The van der Waals surface area contributed by atoms with Crippen molar-refractivity contribution in [2.24, 2.45) is 0 Å². The topological polar surface area (TPSA) is 64.4 Å². The van der Waals surface area contributed by atoms with Crippen LogP contribution in [-0.4, -0.2) is 24.2 Å². The highest BCUT2D eigenvalue weighted by atomic mass is 16.5. The fourth-order valence-corrected chi connectivity index (χ4v) is 2.18. The Labute approximate surface area is 124 Å². The largest absolute Gasteiger partial charge is 0.491 e. The molecule has 1 heterocycles. The van der Waals surface area contributed by atoms with Gasteiger partial charge in [0.25, 0.3) is 5.91 Å². The number of benzene rings is 1. The van der Waals surface area contributed by atoms with Gasteiger partial charge in [-0.05, 0) is 39.3 Å². The monoisotopic (exact) mass is 288 g/mol. The Kier molecular flexibility index (Phi) is 4.62. The predicted molar refractivity (Wildman–Crippen MR) is 79.7 cm³/mol. The van der Waals surface area contributed by atoms with E-state index >= 15 is 0 Å².